The topological polar surface area (TPSA) is 43.3 Å². The summed E-state index contributed by atoms with van der Waals surface area (Å²) >= 11 is 6.76. The van der Waals surface area contributed by atoms with E-state index < -0.39 is 0 Å². The fourth-order valence-electron chi connectivity index (χ4n) is 2.16. The molecule has 0 bridgehead atoms. The molecule has 0 aliphatic heterocycles. The van der Waals surface area contributed by atoms with E-state index in [0.717, 1.165) is 20.2 Å². The minimum absolute atomic E-state index is 0.347. The number of aromatic nitrogens is 2. The Labute approximate surface area is 131 Å². The van der Waals surface area contributed by atoms with Crippen LogP contribution in [0.25, 0.3) is 16.9 Å². The van der Waals surface area contributed by atoms with Crippen molar-refractivity contribution >= 4 is 43.3 Å². The Morgan fingerprint density at radius 3 is 2.70 bits per heavy atom. The van der Waals surface area contributed by atoms with E-state index in [1.165, 1.54) is 6.07 Å². The van der Waals surface area contributed by atoms with E-state index in [4.69, 9.17) is 5.73 Å². The van der Waals surface area contributed by atoms with Gasteiger partial charge in [0.15, 0.2) is 0 Å². The number of nitrogens with two attached hydrogens (primary N) is 1. The van der Waals surface area contributed by atoms with E-state index in [2.05, 4.69) is 36.8 Å². The monoisotopic (exact) mass is 397 g/mol. The third-order valence-corrected chi connectivity index (χ3v) is 4.02. The first kappa shape index (κ1) is 13.6. The van der Waals surface area contributed by atoms with Gasteiger partial charge in [0.05, 0.1) is 0 Å². The van der Waals surface area contributed by atoms with Crippen LogP contribution in [-0.4, -0.2) is 9.38 Å². The van der Waals surface area contributed by atoms with Crippen molar-refractivity contribution in [1.82, 2.24) is 9.38 Å². The molecular formula is C14H10Br2FN3. The van der Waals surface area contributed by atoms with Crippen LogP contribution in [0.1, 0.15) is 5.56 Å². The number of nitrogens with zero attached hydrogens (tertiary/aromatic N) is 2. The highest BCUT2D eigenvalue weighted by atomic mass is 79.9. The zero-order valence-corrected chi connectivity index (χ0v) is 13.7. The van der Waals surface area contributed by atoms with Gasteiger partial charge in [-0.2, -0.15) is 0 Å². The lowest BCUT2D eigenvalue weighted by atomic mass is 10.1. The average molecular weight is 399 g/mol. The number of aryl methyl sites for hydroxylation is 1. The van der Waals surface area contributed by atoms with Crippen LogP contribution in [0.15, 0.2) is 39.4 Å². The number of fused-ring (bicyclic) bond motifs is 1. The molecule has 0 atom stereocenters. The molecule has 0 saturated carbocycles. The summed E-state index contributed by atoms with van der Waals surface area (Å²) in [6.45, 7) is 1.94. The third kappa shape index (κ3) is 2.13. The second-order valence-corrected chi connectivity index (χ2v) is 6.34. The molecule has 2 heterocycles. The van der Waals surface area contributed by atoms with Crippen molar-refractivity contribution in [2.24, 2.45) is 0 Å². The molecule has 0 spiro atoms. The zero-order chi connectivity index (χ0) is 14.4. The number of imidazole rings is 1. The number of pyridine rings is 1. The molecule has 0 fully saturated rings. The fraction of sp³-hybridized carbons (Fsp3) is 0.0714. The molecule has 2 aromatic heterocycles. The summed E-state index contributed by atoms with van der Waals surface area (Å²) in [6.07, 6.45) is 1.82. The summed E-state index contributed by atoms with van der Waals surface area (Å²) in [5.74, 6) is 0.0708. The summed E-state index contributed by atoms with van der Waals surface area (Å²) in [4.78, 5) is 4.48. The molecule has 0 aliphatic rings. The van der Waals surface area contributed by atoms with Gasteiger partial charge in [0, 0.05) is 20.7 Å². The van der Waals surface area contributed by atoms with Gasteiger partial charge in [-0.05, 0) is 52.7 Å². The van der Waals surface area contributed by atoms with E-state index in [1.54, 1.807) is 16.5 Å². The van der Waals surface area contributed by atoms with Gasteiger partial charge in [-0.1, -0.05) is 15.9 Å². The molecule has 6 heteroatoms. The maximum atomic E-state index is 14.0. The number of halogens is 3. The Morgan fingerprint density at radius 2 is 1.95 bits per heavy atom. The van der Waals surface area contributed by atoms with Crippen molar-refractivity contribution in [3.63, 3.8) is 0 Å². The number of anilines is 1. The van der Waals surface area contributed by atoms with Gasteiger partial charge in [0.25, 0.3) is 0 Å². The molecule has 0 amide bonds. The maximum absolute atomic E-state index is 14.0. The number of nitrogen functional groups attached to an aromatic ring is 1. The summed E-state index contributed by atoms with van der Waals surface area (Å²) < 4.78 is 17.4. The average Bonchev–Trinajstić information content (AvgIpc) is 2.71. The standard InChI is InChI=1S/C14H10Br2FN3/c1-7-4-9(16)6-20-13(18)12(19-14(7)20)10-5-8(15)2-3-11(10)17/h2-6H,18H2,1H3. The Balaban J connectivity index is 2.35. The molecule has 102 valence electrons. The second-order valence-electron chi connectivity index (χ2n) is 4.50. The van der Waals surface area contributed by atoms with E-state index in [0.29, 0.717) is 17.1 Å². The molecule has 0 radical (unpaired) electrons. The summed E-state index contributed by atoms with van der Waals surface area (Å²) in [7, 11) is 0. The highest BCUT2D eigenvalue weighted by molar-refractivity contribution is 9.10. The number of rotatable bonds is 1. The number of hydrogen-bond acceptors (Lipinski definition) is 2. The van der Waals surface area contributed by atoms with Crippen molar-refractivity contribution in [2.45, 2.75) is 6.92 Å². The van der Waals surface area contributed by atoms with Gasteiger partial charge in [-0.25, -0.2) is 9.37 Å². The van der Waals surface area contributed by atoms with Crippen LogP contribution in [0.4, 0.5) is 10.2 Å². The molecule has 1 aromatic carbocycles. The first-order valence-corrected chi connectivity index (χ1v) is 7.45. The maximum Gasteiger partial charge on any atom is 0.142 e. The van der Waals surface area contributed by atoms with Gasteiger partial charge in [0.1, 0.15) is 23.0 Å². The van der Waals surface area contributed by atoms with E-state index >= 15 is 0 Å². The molecule has 3 rings (SSSR count). The number of benzene rings is 1. The lowest BCUT2D eigenvalue weighted by Gasteiger charge is -2.02. The Morgan fingerprint density at radius 1 is 1.20 bits per heavy atom. The van der Waals surface area contributed by atoms with Gasteiger partial charge in [-0.3, -0.25) is 4.40 Å². The van der Waals surface area contributed by atoms with Crippen molar-refractivity contribution in [1.29, 1.82) is 0 Å². The van der Waals surface area contributed by atoms with Gasteiger partial charge < -0.3 is 5.73 Å². The number of hydrogen-bond donors (Lipinski definition) is 1. The van der Waals surface area contributed by atoms with Crippen molar-refractivity contribution in [2.75, 3.05) is 5.73 Å². The van der Waals surface area contributed by atoms with Gasteiger partial charge in [-0.15, -0.1) is 0 Å². The molecule has 3 nitrogen and oxygen atoms in total. The quantitative estimate of drug-likeness (QED) is 0.653. The molecule has 0 unspecified atom stereocenters. The predicted octanol–water partition coefficient (Wildman–Crippen LogP) is 4.56. The lowest BCUT2D eigenvalue weighted by Crippen LogP contribution is -1.96. The lowest BCUT2D eigenvalue weighted by molar-refractivity contribution is 0.630. The molecule has 3 aromatic rings. The molecule has 2 N–H and O–H groups in total. The van der Waals surface area contributed by atoms with Crippen LogP contribution < -0.4 is 5.73 Å². The van der Waals surface area contributed by atoms with Crippen LogP contribution in [0.5, 0.6) is 0 Å². The molecule has 0 aliphatic carbocycles. The van der Waals surface area contributed by atoms with Gasteiger partial charge in [0.2, 0.25) is 0 Å². The Hall–Kier alpha value is -1.40. The first-order valence-electron chi connectivity index (χ1n) is 5.86. The van der Waals surface area contributed by atoms with Gasteiger partial charge >= 0.3 is 0 Å². The van der Waals surface area contributed by atoms with Crippen molar-refractivity contribution < 1.29 is 4.39 Å². The van der Waals surface area contributed by atoms with Crippen LogP contribution in [0.2, 0.25) is 0 Å². The third-order valence-electron chi connectivity index (χ3n) is 3.09. The van der Waals surface area contributed by atoms with E-state index in [1.807, 2.05) is 19.2 Å². The van der Waals surface area contributed by atoms with Crippen LogP contribution in [-0.2, 0) is 0 Å². The van der Waals surface area contributed by atoms with Crippen LogP contribution >= 0.6 is 31.9 Å². The van der Waals surface area contributed by atoms with E-state index in [9.17, 15) is 4.39 Å². The molecule has 0 saturated heterocycles. The minimum atomic E-state index is -0.347. The highest BCUT2D eigenvalue weighted by Crippen LogP contribution is 2.32. The Bertz CT molecular complexity index is 827. The SMILES string of the molecule is Cc1cc(Br)cn2c(N)c(-c3cc(Br)ccc3F)nc12. The first-order chi connectivity index (χ1) is 9.47. The smallest absolute Gasteiger partial charge is 0.142 e. The summed E-state index contributed by atoms with van der Waals surface area (Å²) in [5.41, 5.74) is 8.65. The zero-order valence-electron chi connectivity index (χ0n) is 10.5. The Kier molecular flexibility index (Phi) is 3.30. The normalized spacial score (nSPS) is 11.2. The fourth-order valence-corrected chi connectivity index (χ4v) is 3.07. The van der Waals surface area contributed by atoms with Crippen LogP contribution in [0, 0.1) is 12.7 Å². The largest absolute Gasteiger partial charge is 0.383 e. The summed E-state index contributed by atoms with van der Waals surface area (Å²) in [6, 6.07) is 6.67. The molecule has 20 heavy (non-hydrogen) atoms. The predicted molar refractivity (Wildman–Crippen MR) is 85.1 cm³/mol. The highest BCUT2D eigenvalue weighted by Gasteiger charge is 2.16. The van der Waals surface area contributed by atoms with E-state index in [-0.39, 0.29) is 5.82 Å². The second kappa shape index (κ2) is 4.86. The summed E-state index contributed by atoms with van der Waals surface area (Å²) in [5, 5.41) is 0. The minimum Gasteiger partial charge on any atom is -0.383 e. The van der Waals surface area contributed by atoms with Crippen molar-refractivity contribution in [3.8, 4) is 11.3 Å². The molecular weight excluding hydrogens is 389 g/mol. The van der Waals surface area contributed by atoms with Crippen molar-refractivity contribution in [3.05, 3.63) is 50.8 Å². The van der Waals surface area contributed by atoms with Crippen LogP contribution in [0.3, 0.4) is 0 Å².